The van der Waals surface area contributed by atoms with Gasteiger partial charge in [-0.05, 0) is 23.7 Å². The van der Waals surface area contributed by atoms with Crippen LogP contribution >= 0.6 is 11.6 Å². The average Bonchev–Trinajstić information content (AvgIpc) is 2.65. The number of carbonyl (C=O) groups excluding carboxylic acids is 1. The van der Waals surface area contributed by atoms with Crippen LogP contribution in [0.5, 0.6) is 0 Å². The SMILES string of the molecule is Cn1cc(-c2ccc(C(=O)Cl)cn2)cn1. The lowest BCUT2D eigenvalue weighted by molar-refractivity contribution is 0.108. The highest BCUT2D eigenvalue weighted by Crippen LogP contribution is 2.16. The lowest BCUT2D eigenvalue weighted by atomic mass is 10.2. The van der Waals surface area contributed by atoms with Crippen LogP contribution in [0.25, 0.3) is 11.3 Å². The molecule has 0 saturated carbocycles. The van der Waals surface area contributed by atoms with Gasteiger partial charge in [0, 0.05) is 25.0 Å². The zero-order chi connectivity index (χ0) is 10.8. The molecule has 2 rings (SSSR count). The van der Waals surface area contributed by atoms with Crippen LogP contribution in [0.4, 0.5) is 0 Å². The van der Waals surface area contributed by atoms with Crippen molar-refractivity contribution in [3.63, 3.8) is 0 Å². The van der Waals surface area contributed by atoms with Crippen molar-refractivity contribution in [3.05, 3.63) is 36.3 Å². The summed E-state index contributed by atoms with van der Waals surface area (Å²) in [5, 5.41) is 3.53. The summed E-state index contributed by atoms with van der Waals surface area (Å²) >= 11 is 5.31. The third-order valence-corrected chi connectivity index (χ3v) is 2.21. The number of pyridine rings is 1. The lowest BCUT2D eigenvalue weighted by Gasteiger charge is -1.96. The van der Waals surface area contributed by atoms with Gasteiger partial charge in [0.05, 0.1) is 17.5 Å². The minimum atomic E-state index is -0.500. The van der Waals surface area contributed by atoms with E-state index < -0.39 is 5.24 Å². The fourth-order valence-electron chi connectivity index (χ4n) is 1.23. The second-order valence-electron chi connectivity index (χ2n) is 3.11. The van der Waals surface area contributed by atoms with Gasteiger partial charge in [0.25, 0.3) is 5.24 Å². The first-order valence-corrected chi connectivity index (χ1v) is 4.69. The predicted molar refractivity (Wildman–Crippen MR) is 56.6 cm³/mol. The molecule has 0 atom stereocenters. The molecule has 0 bridgehead atoms. The van der Waals surface area contributed by atoms with Crippen molar-refractivity contribution in [2.75, 3.05) is 0 Å². The van der Waals surface area contributed by atoms with E-state index >= 15 is 0 Å². The highest BCUT2D eigenvalue weighted by molar-refractivity contribution is 6.67. The molecule has 0 N–H and O–H groups in total. The van der Waals surface area contributed by atoms with E-state index in [1.807, 2.05) is 13.2 Å². The van der Waals surface area contributed by atoms with Crippen molar-refractivity contribution >= 4 is 16.8 Å². The Morgan fingerprint density at radius 2 is 2.20 bits per heavy atom. The van der Waals surface area contributed by atoms with Crippen molar-refractivity contribution in [1.29, 1.82) is 0 Å². The summed E-state index contributed by atoms with van der Waals surface area (Å²) in [6, 6.07) is 3.39. The predicted octanol–water partition coefficient (Wildman–Crippen LogP) is 1.86. The molecule has 0 fully saturated rings. The van der Waals surface area contributed by atoms with Gasteiger partial charge in [0.1, 0.15) is 0 Å². The van der Waals surface area contributed by atoms with Crippen molar-refractivity contribution in [2.45, 2.75) is 0 Å². The highest BCUT2D eigenvalue weighted by Gasteiger charge is 2.04. The Labute approximate surface area is 91.5 Å². The van der Waals surface area contributed by atoms with Crippen LogP contribution in [-0.4, -0.2) is 20.0 Å². The molecule has 0 amide bonds. The van der Waals surface area contributed by atoms with Crippen LogP contribution < -0.4 is 0 Å². The van der Waals surface area contributed by atoms with Crippen molar-refractivity contribution in [3.8, 4) is 11.3 Å². The Morgan fingerprint density at radius 3 is 2.67 bits per heavy atom. The average molecular weight is 222 g/mol. The van der Waals surface area contributed by atoms with Crippen LogP contribution in [0.2, 0.25) is 0 Å². The van der Waals surface area contributed by atoms with E-state index in [1.165, 1.54) is 6.20 Å². The number of nitrogens with zero attached hydrogens (tertiary/aromatic N) is 3. The number of hydrogen-bond acceptors (Lipinski definition) is 3. The van der Waals surface area contributed by atoms with E-state index in [4.69, 9.17) is 11.6 Å². The van der Waals surface area contributed by atoms with E-state index in [0.29, 0.717) is 5.56 Å². The molecule has 0 aliphatic rings. The maximum Gasteiger partial charge on any atom is 0.253 e. The third-order valence-electron chi connectivity index (χ3n) is 1.99. The second-order valence-corrected chi connectivity index (χ2v) is 3.45. The molecule has 5 heteroatoms. The van der Waals surface area contributed by atoms with E-state index in [-0.39, 0.29) is 0 Å². The number of aryl methyl sites for hydroxylation is 1. The molecular weight excluding hydrogens is 214 g/mol. The molecule has 0 saturated heterocycles. The van der Waals surface area contributed by atoms with Gasteiger partial charge in [-0.25, -0.2) is 0 Å². The Hall–Kier alpha value is -1.68. The van der Waals surface area contributed by atoms with Crippen LogP contribution in [0.15, 0.2) is 30.7 Å². The first-order chi connectivity index (χ1) is 7.16. The quantitative estimate of drug-likeness (QED) is 0.728. The number of carbonyl (C=O) groups is 1. The fraction of sp³-hybridized carbons (Fsp3) is 0.100. The fourth-order valence-corrected chi connectivity index (χ4v) is 1.35. The minimum Gasteiger partial charge on any atom is -0.276 e. The third kappa shape index (κ3) is 2.05. The maximum atomic E-state index is 10.8. The second kappa shape index (κ2) is 3.82. The summed E-state index contributed by atoms with van der Waals surface area (Å²) in [7, 11) is 1.83. The Bertz CT molecular complexity index is 490. The van der Waals surface area contributed by atoms with Gasteiger partial charge in [-0.2, -0.15) is 5.10 Å². The van der Waals surface area contributed by atoms with E-state index in [9.17, 15) is 4.79 Å². The Morgan fingerprint density at radius 1 is 1.40 bits per heavy atom. The largest absolute Gasteiger partial charge is 0.276 e. The van der Waals surface area contributed by atoms with Gasteiger partial charge in [-0.1, -0.05) is 0 Å². The molecule has 0 unspecified atom stereocenters. The van der Waals surface area contributed by atoms with Gasteiger partial charge in [-0.3, -0.25) is 14.5 Å². The molecule has 15 heavy (non-hydrogen) atoms. The topological polar surface area (TPSA) is 47.8 Å². The molecule has 2 heterocycles. The van der Waals surface area contributed by atoms with Crippen molar-refractivity contribution < 1.29 is 4.79 Å². The van der Waals surface area contributed by atoms with Crippen LogP contribution in [-0.2, 0) is 7.05 Å². The molecular formula is C10H8ClN3O. The minimum absolute atomic E-state index is 0.393. The molecule has 0 aromatic carbocycles. The number of hydrogen-bond donors (Lipinski definition) is 0. The van der Waals surface area contributed by atoms with Gasteiger partial charge in [0.15, 0.2) is 0 Å². The summed E-state index contributed by atoms with van der Waals surface area (Å²) in [6.45, 7) is 0. The standard InChI is InChI=1S/C10H8ClN3O/c1-14-6-8(5-13-14)9-3-2-7(4-12-9)10(11)15/h2-6H,1H3. The molecule has 2 aromatic rings. The normalized spacial score (nSPS) is 10.3. The first kappa shape index (κ1) is 9.86. The van der Waals surface area contributed by atoms with E-state index in [1.54, 1.807) is 23.0 Å². The van der Waals surface area contributed by atoms with E-state index in [0.717, 1.165) is 11.3 Å². The Balaban J connectivity index is 2.35. The molecule has 0 aliphatic carbocycles. The van der Waals surface area contributed by atoms with Gasteiger partial charge >= 0.3 is 0 Å². The molecule has 2 aromatic heterocycles. The number of rotatable bonds is 2. The molecule has 0 radical (unpaired) electrons. The summed E-state index contributed by atoms with van der Waals surface area (Å²) in [4.78, 5) is 14.9. The van der Waals surface area contributed by atoms with Crippen LogP contribution in [0.3, 0.4) is 0 Å². The zero-order valence-electron chi connectivity index (χ0n) is 8.01. The van der Waals surface area contributed by atoms with Crippen LogP contribution in [0, 0.1) is 0 Å². The summed E-state index contributed by atoms with van der Waals surface area (Å²) in [5.41, 5.74) is 2.07. The van der Waals surface area contributed by atoms with Crippen molar-refractivity contribution in [1.82, 2.24) is 14.8 Å². The van der Waals surface area contributed by atoms with Crippen LogP contribution in [0.1, 0.15) is 10.4 Å². The lowest BCUT2D eigenvalue weighted by Crippen LogP contribution is -1.90. The molecule has 0 aliphatic heterocycles. The highest BCUT2D eigenvalue weighted by atomic mass is 35.5. The molecule has 0 spiro atoms. The van der Waals surface area contributed by atoms with E-state index in [2.05, 4.69) is 10.1 Å². The summed E-state index contributed by atoms with van der Waals surface area (Å²) in [6.07, 6.45) is 5.02. The Kier molecular flexibility index (Phi) is 2.51. The number of aromatic nitrogens is 3. The van der Waals surface area contributed by atoms with Crippen molar-refractivity contribution in [2.24, 2.45) is 7.05 Å². The summed E-state index contributed by atoms with van der Waals surface area (Å²) < 4.78 is 1.69. The van der Waals surface area contributed by atoms with Gasteiger partial charge in [0.2, 0.25) is 0 Å². The smallest absolute Gasteiger partial charge is 0.253 e. The van der Waals surface area contributed by atoms with Gasteiger partial charge in [-0.15, -0.1) is 0 Å². The maximum absolute atomic E-state index is 10.8. The monoisotopic (exact) mass is 221 g/mol. The molecule has 76 valence electrons. The number of halogens is 1. The van der Waals surface area contributed by atoms with Gasteiger partial charge < -0.3 is 0 Å². The molecule has 4 nitrogen and oxygen atoms in total. The first-order valence-electron chi connectivity index (χ1n) is 4.32. The zero-order valence-corrected chi connectivity index (χ0v) is 8.77. The summed E-state index contributed by atoms with van der Waals surface area (Å²) in [5.74, 6) is 0.